The lowest BCUT2D eigenvalue weighted by molar-refractivity contribution is -0.134. The Morgan fingerprint density at radius 2 is 2.18 bits per heavy atom. The highest BCUT2D eigenvalue weighted by Crippen LogP contribution is 2.56. The van der Waals surface area contributed by atoms with Crippen molar-refractivity contribution in [2.75, 3.05) is 13.1 Å². The minimum absolute atomic E-state index is 0. The summed E-state index contributed by atoms with van der Waals surface area (Å²) in [6.45, 7) is 4.38. The average Bonchev–Trinajstić information content (AvgIpc) is 3.12. The molecule has 2 aromatic rings. The highest BCUT2D eigenvalue weighted by atomic mass is 35.5. The number of nitrogens with one attached hydrogen (secondary N) is 2. The van der Waals surface area contributed by atoms with Gasteiger partial charge in [-0.2, -0.15) is 11.3 Å². The van der Waals surface area contributed by atoms with Gasteiger partial charge in [0.25, 0.3) is 5.91 Å². The average molecular weight is 424 g/mol. The molecular formula is C20H26ClN3O3S. The van der Waals surface area contributed by atoms with Gasteiger partial charge in [-0.15, -0.1) is 12.4 Å². The summed E-state index contributed by atoms with van der Waals surface area (Å²) in [6.07, 6.45) is 4.73. The van der Waals surface area contributed by atoms with Crippen LogP contribution in [-0.4, -0.2) is 41.9 Å². The van der Waals surface area contributed by atoms with Gasteiger partial charge in [-0.3, -0.25) is 9.59 Å². The Labute approximate surface area is 175 Å². The van der Waals surface area contributed by atoms with Crippen LogP contribution in [0.2, 0.25) is 0 Å². The molecule has 2 aliphatic rings. The Balaban J connectivity index is 0.00000225. The summed E-state index contributed by atoms with van der Waals surface area (Å²) in [5.41, 5.74) is 1.40. The molecule has 8 heteroatoms. The Hall–Kier alpha value is -1.83. The maximum absolute atomic E-state index is 13.3. The van der Waals surface area contributed by atoms with Gasteiger partial charge in [0.05, 0.1) is 6.26 Å². The topological polar surface area (TPSA) is 74.6 Å². The van der Waals surface area contributed by atoms with Crippen molar-refractivity contribution in [3.8, 4) is 0 Å². The van der Waals surface area contributed by atoms with E-state index in [4.69, 9.17) is 4.42 Å². The van der Waals surface area contributed by atoms with Crippen molar-refractivity contribution < 1.29 is 14.0 Å². The number of piperidine rings is 1. The lowest BCUT2D eigenvalue weighted by Gasteiger charge is -2.31. The van der Waals surface area contributed by atoms with E-state index in [-0.39, 0.29) is 41.4 Å². The number of rotatable bonds is 6. The number of hydrogen-bond donors (Lipinski definition) is 2. The lowest BCUT2D eigenvalue weighted by Crippen LogP contribution is -2.49. The van der Waals surface area contributed by atoms with E-state index in [2.05, 4.69) is 22.1 Å². The molecular weight excluding hydrogens is 398 g/mol. The molecule has 3 heterocycles. The number of thiophene rings is 1. The van der Waals surface area contributed by atoms with Gasteiger partial charge in [0.15, 0.2) is 5.76 Å². The normalized spacial score (nSPS) is 20.8. The third kappa shape index (κ3) is 4.26. The van der Waals surface area contributed by atoms with Crippen LogP contribution in [0, 0.1) is 5.41 Å². The van der Waals surface area contributed by atoms with Gasteiger partial charge in [0, 0.05) is 12.6 Å². The maximum Gasteiger partial charge on any atom is 0.287 e. The molecule has 1 saturated carbocycles. The molecule has 2 N–H and O–H groups in total. The molecule has 2 aromatic heterocycles. The van der Waals surface area contributed by atoms with Crippen molar-refractivity contribution in [1.29, 1.82) is 0 Å². The second-order valence-corrected chi connectivity index (χ2v) is 8.38. The fourth-order valence-corrected chi connectivity index (χ4v) is 4.80. The fourth-order valence-electron chi connectivity index (χ4n) is 4.14. The first-order valence-electron chi connectivity index (χ1n) is 9.46. The highest BCUT2D eigenvalue weighted by molar-refractivity contribution is 7.07. The fraction of sp³-hybridized carbons (Fsp3) is 0.500. The molecule has 1 aliphatic carbocycles. The van der Waals surface area contributed by atoms with Gasteiger partial charge < -0.3 is 20.0 Å². The molecule has 1 saturated heterocycles. The summed E-state index contributed by atoms with van der Waals surface area (Å²) >= 11 is 1.64. The second kappa shape index (κ2) is 8.68. The third-order valence-electron chi connectivity index (χ3n) is 5.80. The van der Waals surface area contributed by atoms with Crippen molar-refractivity contribution in [3.63, 3.8) is 0 Å². The van der Waals surface area contributed by atoms with Crippen molar-refractivity contribution >= 4 is 35.6 Å². The van der Waals surface area contributed by atoms with Crippen LogP contribution in [0.5, 0.6) is 0 Å². The molecule has 2 atom stereocenters. The van der Waals surface area contributed by atoms with Crippen molar-refractivity contribution in [1.82, 2.24) is 15.5 Å². The molecule has 2 amide bonds. The summed E-state index contributed by atoms with van der Waals surface area (Å²) in [4.78, 5) is 27.5. The highest BCUT2D eigenvalue weighted by Gasteiger charge is 2.58. The number of hydrogen-bond acceptors (Lipinski definition) is 5. The summed E-state index contributed by atoms with van der Waals surface area (Å²) in [5, 5.41) is 10.3. The number of amides is 2. The van der Waals surface area contributed by atoms with Crippen LogP contribution in [0.4, 0.5) is 0 Å². The first-order chi connectivity index (χ1) is 13.1. The molecule has 1 aliphatic heterocycles. The predicted molar refractivity (Wildman–Crippen MR) is 111 cm³/mol. The number of furan rings is 1. The molecule has 2 fully saturated rings. The number of nitrogens with zero attached hydrogens (tertiary/aromatic N) is 1. The van der Waals surface area contributed by atoms with E-state index in [1.54, 1.807) is 30.4 Å². The predicted octanol–water partition coefficient (Wildman–Crippen LogP) is 3.05. The van der Waals surface area contributed by atoms with Gasteiger partial charge in [0.2, 0.25) is 5.91 Å². The summed E-state index contributed by atoms with van der Waals surface area (Å²) in [7, 11) is 0. The van der Waals surface area contributed by atoms with Crippen molar-refractivity contribution in [2.45, 2.75) is 44.8 Å². The van der Waals surface area contributed by atoms with Crippen LogP contribution in [0.1, 0.15) is 42.3 Å². The van der Waals surface area contributed by atoms with E-state index < -0.39 is 6.04 Å². The van der Waals surface area contributed by atoms with Crippen LogP contribution in [0.3, 0.4) is 0 Å². The first-order valence-corrected chi connectivity index (χ1v) is 10.4. The van der Waals surface area contributed by atoms with Crippen LogP contribution < -0.4 is 10.6 Å². The minimum atomic E-state index is -0.597. The van der Waals surface area contributed by atoms with E-state index in [0.29, 0.717) is 6.54 Å². The summed E-state index contributed by atoms with van der Waals surface area (Å²) in [5.74, 6) is -0.162. The van der Waals surface area contributed by atoms with Crippen LogP contribution in [0.25, 0.3) is 0 Å². The van der Waals surface area contributed by atoms with Crippen molar-refractivity contribution in [3.05, 3.63) is 46.5 Å². The number of carbonyl (C=O) groups is 2. The van der Waals surface area contributed by atoms with Crippen LogP contribution >= 0.6 is 23.7 Å². The van der Waals surface area contributed by atoms with E-state index >= 15 is 0 Å². The lowest BCUT2D eigenvalue weighted by atomic mass is 9.93. The van der Waals surface area contributed by atoms with E-state index in [1.165, 1.54) is 6.26 Å². The molecule has 1 spiro atoms. The maximum atomic E-state index is 13.3. The molecule has 28 heavy (non-hydrogen) atoms. The van der Waals surface area contributed by atoms with Crippen LogP contribution in [-0.2, 0) is 11.3 Å². The van der Waals surface area contributed by atoms with E-state index in [1.807, 2.05) is 10.3 Å². The largest absolute Gasteiger partial charge is 0.459 e. The van der Waals surface area contributed by atoms with Crippen LogP contribution in [0.15, 0.2) is 39.6 Å². The summed E-state index contributed by atoms with van der Waals surface area (Å²) < 4.78 is 5.13. The smallest absolute Gasteiger partial charge is 0.287 e. The number of halogens is 1. The van der Waals surface area contributed by atoms with Gasteiger partial charge in [-0.1, -0.05) is 0 Å². The molecule has 6 nitrogen and oxygen atoms in total. The quantitative estimate of drug-likeness (QED) is 0.748. The number of carbonyl (C=O) groups excluding carboxylic acids is 2. The minimum Gasteiger partial charge on any atom is -0.459 e. The molecule has 2 unspecified atom stereocenters. The zero-order valence-electron chi connectivity index (χ0n) is 15.8. The monoisotopic (exact) mass is 423 g/mol. The third-order valence-corrected chi connectivity index (χ3v) is 6.53. The van der Waals surface area contributed by atoms with E-state index in [9.17, 15) is 9.59 Å². The molecule has 0 radical (unpaired) electrons. The SMILES string of the molecule is CC(NC(=O)c1ccco1)C(=O)N(Cc1ccsc1)C1CC12CCNCC2.Cl. The Morgan fingerprint density at radius 1 is 1.39 bits per heavy atom. The summed E-state index contributed by atoms with van der Waals surface area (Å²) in [6, 6.07) is 4.99. The molecule has 0 bridgehead atoms. The Morgan fingerprint density at radius 3 is 2.82 bits per heavy atom. The van der Waals surface area contributed by atoms with Gasteiger partial charge >= 0.3 is 0 Å². The Kier molecular flexibility index (Phi) is 6.47. The zero-order valence-corrected chi connectivity index (χ0v) is 17.5. The molecule has 4 rings (SSSR count). The van der Waals surface area contributed by atoms with Gasteiger partial charge in [-0.25, -0.2) is 0 Å². The van der Waals surface area contributed by atoms with Gasteiger partial charge in [0.1, 0.15) is 6.04 Å². The second-order valence-electron chi connectivity index (χ2n) is 7.60. The Bertz CT molecular complexity index is 788. The van der Waals surface area contributed by atoms with Crippen molar-refractivity contribution in [2.24, 2.45) is 5.41 Å². The molecule has 0 aromatic carbocycles. The molecule has 152 valence electrons. The van der Waals surface area contributed by atoms with E-state index in [0.717, 1.165) is 37.9 Å². The first kappa shape index (κ1) is 20.9. The van der Waals surface area contributed by atoms with Gasteiger partial charge in [-0.05, 0) is 79.2 Å². The zero-order chi connectivity index (χ0) is 18.9. The standard InChI is InChI=1S/C20H25N3O3S.ClH/c1-14(22-18(24)16-3-2-9-26-16)19(25)23(12-15-4-10-27-13-15)17-11-20(17)5-7-21-8-6-20;/h2-4,9-10,13-14,17,21H,5-8,11-12H2,1H3,(H,22,24);1H.